The van der Waals surface area contributed by atoms with E-state index in [-0.39, 0.29) is 5.95 Å². The summed E-state index contributed by atoms with van der Waals surface area (Å²) in [4.78, 5) is 8.66. The lowest BCUT2D eigenvalue weighted by Gasteiger charge is -2.11. The first-order chi connectivity index (χ1) is 14.5. The van der Waals surface area contributed by atoms with E-state index in [1.54, 1.807) is 0 Å². The normalized spacial score (nSPS) is 10.5. The number of aromatic nitrogens is 2. The van der Waals surface area contributed by atoms with Crippen LogP contribution in [0.5, 0.6) is 0 Å². The predicted octanol–water partition coefficient (Wildman–Crippen LogP) is 4.65. The minimum atomic E-state index is 0.224. The van der Waals surface area contributed by atoms with Gasteiger partial charge < -0.3 is 21.7 Å². The van der Waals surface area contributed by atoms with E-state index in [0.29, 0.717) is 22.5 Å². The number of hydrogen-bond donors (Lipinski definition) is 4. The summed E-state index contributed by atoms with van der Waals surface area (Å²) in [5.74, 6) is 0.910. The Kier molecular flexibility index (Phi) is 7.43. The Balaban J connectivity index is 1.62. The molecule has 5 N–H and O–H groups in total. The van der Waals surface area contributed by atoms with Gasteiger partial charge in [-0.1, -0.05) is 35.9 Å². The van der Waals surface area contributed by atoms with Crippen LogP contribution in [0.15, 0.2) is 48.5 Å². The molecule has 0 aliphatic rings. The fourth-order valence-electron chi connectivity index (χ4n) is 3.00. The Hall–Kier alpha value is -2.90. The lowest BCUT2D eigenvalue weighted by atomic mass is 10.1. The molecule has 0 spiro atoms. The van der Waals surface area contributed by atoms with E-state index in [1.165, 1.54) is 5.56 Å². The van der Waals surface area contributed by atoms with Crippen molar-refractivity contribution in [3.05, 3.63) is 64.7 Å². The highest BCUT2D eigenvalue weighted by Gasteiger charge is 2.09. The third kappa shape index (κ3) is 5.81. The first kappa shape index (κ1) is 21.8. The van der Waals surface area contributed by atoms with Gasteiger partial charge in [-0.05, 0) is 61.8 Å². The summed E-state index contributed by atoms with van der Waals surface area (Å²) in [5, 5.41) is 10.9. The van der Waals surface area contributed by atoms with Crippen LogP contribution < -0.4 is 21.7 Å². The van der Waals surface area contributed by atoms with E-state index in [1.807, 2.05) is 50.2 Å². The number of nitrogens with one attached hydrogen (secondary N) is 3. The van der Waals surface area contributed by atoms with Gasteiger partial charge in [-0.3, -0.25) is 0 Å². The van der Waals surface area contributed by atoms with Crippen molar-refractivity contribution in [3.8, 4) is 11.3 Å². The minimum Gasteiger partial charge on any atom is -0.370 e. The molecular weight excluding hydrogens is 416 g/mol. The molecule has 0 atom stereocenters. The van der Waals surface area contributed by atoms with Crippen LogP contribution in [-0.4, -0.2) is 28.2 Å². The minimum absolute atomic E-state index is 0.224. The summed E-state index contributed by atoms with van der Waals surface area (Å²) in [5.41, 5.74) is 10.7. The summed E-state index contributed by atoms with van der Waals surface area (Å²) in [7, 11) is 0. The van der Waals surface area contributed by atoms with Gasteiger partial charge in [0, 0.05) is 35.4 Å². The third-order valence-corrected chi connectivity index (χ3v) is 5.21. The molecule has 0 unspecified atom stereocenters. The van der Waals surface area contributed by atoms with Gasteiger partial charge in [0.1, 0.15) is 5.82 Å². The summed E-state index contributed by atoms with van der Waals surface area (Å²) in [6, 6.07) is 15.8. The molecule has 2 aromatic carbocycles. The van der Waals surface area contributed by atoms with Gasteiger partial charge in [-0.15, -0.1) is 0 Å². The molecule has 6 nitrogen and oxygen atoms in total. The topological polar surface area (TPSA) is 87.9 Å². The number of rotatable bonds is 7. The highest BCUT2D eigenvalue weighted by Crippen LogP contribution is 2.28. The summed E-state index contributed by atoms with van der Waals surface area (Å²) in [6.07, 6.45) is 0.841. The van der Waals surface area contributed by atoms with E-state index in [2.05, 4.69) is 38.1 Å². The molecule has 3 rings (SSSR count). The van der Waals surface area contributed by atoms with Crippen LogP contribution in [0, 0.1) is 6.92 Å². The number of hydrogen-bond acceptors (Lipinski definition) is 5. The van der Waals surface area contributed by atoms with Crippen molar-refractivity contribution in [1.82, 2.24) is 15.3 Å². The molecule has 0 fully saturated rings. The summed E-state index contributed by atoms with van der Waals surface area (Å²) < 4.78 is 0. The smallest absolute Gasteiger partial charge is 0.222 e. The zero-order valence-corrected chi connectivity index (χ0v) is 18.6. The van der Waals surface area contributed by atoms with Gasteiger partial charge in [0.2, 0.25) is 5.95 Å². The molecule has 0 saturated heterocycles. The van der Waals surface area contributed by atoms with Crippen molar-refractivity contribution in [3.63, 3.8) is 0 Å². The maximum atomic E-state index is 6.24. The largest absolute Gasteiger partial charge is 0.370 e. The van der Waals surface area contributed by atoms with Crippen LogP contribution in [0.4, 0.5) is 17.5 Å². The second-order valence-corrected chi connectivity index (χ2v) is 7.58. The van der Waals surface area contributed by atoms with Gasteiger partial charge in [0.15, 0.2) is 5.11 Å². The molecule has 1 heterocycles. The number of halogens is 1. The molecule has 0 aliphatic heterocycles. The standard InChI is InChI=1S/C22H25ClN6S/c1-3-25-22(30)27-16-9-7-15(8-10-16)11-12-26-20-13-19(28-21(24)29-20)17-5-4-6-18(23)14(17)2/h4-10,13H,3,11-12H2,1-2H3,(H2,25,27,30)(H3,24,26,28,29). The number of nitrogens with two attached hydrogens (primary N) is 1. The fourth-order valence-corrected chi connectivity index (χ4v) is 3.44. The Morgan fingerprint density at radius 3 is 2.63 bits per heavy atom. The zero-order chi connectivity index (χ0) is 21.5. The molecule has 0 saturated carbocycles. The van der Waals surface area contributed by atoms with Crippen LogP contribution in [0.25, 0.3) is 11.3 Å². The Morgan fingerprint density at radius 2 is 1.90 bits per heavy atom. The monoisotopic (exact) mass is 440 g/mol. The van der Waals surface area contributed by atoms with E-state index in [0.717, 1.165) is 35.5 Å². The molecule has 0 aliphatic carbocycles. The molecule has 1 aromatic heterocycles. The predicted molar refractivity (Wildman–Crippen MR) is 130 cm³/mol. The van der Waals surface area contributed by atoms with Crippen LogP contribution in [0.2, 0.25) is 5.02 Å². The van der Waals surface area contributed by atoms with Crippen LogP contribution in [0.3, 0.4) is 0 Å². The van der Waals surface area contributed by atoms with Gasteiger partial charge in [-0.2, -0.15) is 4.98 Å². The van der Waals surface area contributed by atoms with Crippen molar-refractivity contribution in [2.24, 2.45) is 0 Å². The molecule has 156 valence electrons. The summed E-state index contributed by atoms with van der Waals surface area (Å²) in [6.45, 7) is 5.48. The van der Waals surface area contributed by atoms with Gasteiger partial charge >= 0.3 is 0 Å². The highest BCUT2D eigenvalue weighted by atomic mass is 35.5. The van der Waals surface area contributed by atoms with Gasteiger partial charge in [-0.25, -0.2) is 4.98 Å². The molecule has 30 heavy (non-hydrogen) atoms. The Labute approximate surface area is 187 Å². The van der Waals surface area contributed by atoms with E-state index >= 15 is 0 Å². The SMILES string of the molecule is CCNC(=S)Nc1ccc(CCNc2cc(-c3cccc(Cl)c3C)nc(N)n2)cc1. The molecule has 8 heteroatoms. The lowest BCUT2D eigenvalue weighted by Crippen LogP contribution is -2.27. The van der Waals surface area contributed by atoms with E-state index < -0.39 is 0 Å². The molecular formula is C22H25ClN6S. The van der Waals surface area contributed by atoms with E-state index in [4.69, 9.17) is 29.6 Å². The summed E-state index contributed by atoms with van der Waals surface area (Å²) >= 11 is 11.4. The number of nitrogen functional groups attached to an aromatic ring is 1. The zero-order valence-electron chi connectivity index (χ0n) is 17.0. The van der Waals surface area contributed by atoms with Crippen molar-refractivity contribution < 1.29 is 0 Å². The lowest BCUT2D eigenvalue weighted by molar-refractivity contribution is 0.979. The fraction of sp³-hybridized carbons (Fsp3) is 0.227. The third-order valence-electron chi connectivity index (χ3n) is 4.56. The van der Waals surface area contributed by atoms with Gasteiger partial charge in [0.25, 0.3) is 0 Å². The molecule has 0 bridgehead atoms. The average molecular weight is 441 g/mol. The quantitative estimate of drug-likeness (QED) is 0.398. The number of anilines is 3. The second-order valence-electron chi connectivity index (χ2n) is 6.77. The van der Waals surface area contributed by atoms with Crippen molar-refractivity contribution >= 4 is 46.4 Å². The van der Waals surface area contributed by atoms with Crippen LogP contribution in [-0.2, 0) is 6.42 Å². The number of benzene rings is 2. The first-order valence-electron chi connectivity index (χ1n) is 9.74. The van der Waals surface area contributed by atoms with Crippen molar-refractivity contribution in [1.29, 1.82) is 0 Å². The molecule has 0 radical (unpaired) electrons. The van der Waals surface area contributed by atoms with Crippen LogP contribution >= 0.6 is 23.8 Å². The maximum absolute atomic E-state index is 6.24. The van der Waals surface area contributed by atoms with Gasteiger partial charge in [0.05, 0.1) is 5.69 Å². The van der Waals surface area contributed by atoms with Crippen molar-refractivity contribution in [2.75, 3.05) is 29.5 Å². The number of nitrogens with zero attached hydrogens (tertiary/aromatic N) is 2. The molecule has 3 aromatic rings. The van der Waals surface area contributed by atoms with Crippen molar-refractivity contribution in [2.45, 2.75) is 20.3 Å². The average Bonchev–Trinajstić information content (AvgIpc) is 2.71. The van der Waals surface area contributed by atoms with E-state index in [9.17, 15) is 0 Å². The van der Waals surface area contributed by atoms with Crippen LogP contribution in [0.1, 0.15) is 18.1 Å². The number of thiocarbonyl (C=S) groups is 1. The molecule has 0 amide bonds. The Bertz CT molecular complexity index is 1020. The second kappa shape index (κ2) is 10.2. The maximum Gasteiger partial charge on any atom is 0.222 e. The Morgan fingerprint density at radius 1 is 1.13 bits per heavy atom. The highest BCUT2D eigenvalue weighted by molar-refractivity contribution is 7.80. The first-order valence-corrected chi connectivity index (χ1v) is 10.5.